The zero-order valence-electron chi connectivity index (χ0n) is 18.8. The third-order valence-electron chi connectivity index (χ3n) is 5.93. The van der Waals surface area contributed by atoms with E-state index in [1.54, 1.807) is 4.68 Å². The lowest BCUT2D eigenvalue weighted by atomic mass is 10.1. The van der Waals surface area contributed by atoms with Crippen LogP contribution in [0, 0.1) is 13.8 Å². The van der Waals surface area contributed by atoms with Crippen LogP contribution in [0.4, 0.5) is 5.82 Å². The van der Waals surface area contributed by atoms with Gasteiger partial charge in [0.15, 0.2) is 0 Å². The first-order chi connectivity index (χ1) is 15.5. The predicted octanol–water partition coefficient (Wildman–Crippen LogP) is 4.89. The molecule has 1 aliphatic heterocycles. The zero-order valence-corrected chi connectivity index (χ0v) is 18.8. The van der Waals surface area contributed by atoms with E-state index in [1.807, 2.05) is 73.3 Å². The molecule has 0 spiro atoms. The van der Waals surface area contributed by atoms with E-state index < -0.39 is 0 Å². The fraction of sp³-hybridized carbons (Fsp3) is 0.346. The minimum atomic E-state index is -0.180. The number of carbonyl (C=O) groups is 2. The van der Waals surface area contributed by atoms with Gasteiger partial charge in [0.25, 0.3) is 0 Å². The van der Waals surface area contributed by atoms with E-state index in [4.69, 9.17) is 5.10 Å². The molecule has 0 saturated carbocycles. The Hall–Kier alpha value is -3.41. The average molecular weight is 431 g/mol. The summed E-state index contributed by atoms with van der Waals surface area (Å²) in [5.41, 5.74) is 4.74. The Morgan fingerprint density at radius 1 is 0.906 bits per heavy atom. The van der Waals surface area contributed by atoms with Gasteiger partial charge in [-0.15, -0.1) is 0 Å². The van der Waals surface area contributed by atoms with E-state index in [0.717, 1.165) is 54.0 Å². The Bertz CT molecular complexity index is 1080. The Kier molecular flexibility index (Phi) is 6.69. The topological polar surface area (TPSA) is 67.2 Å². The second-order valence-electron chi connectivity index (χ2n) is 8.41. The lowest BCUT2D eigenvalue weighted by Crippen LogP contribution is -2.36. The van der Waals surface area contributed by atoms with Crippen molar-refractivity contribution in [3.05, 3.63) is 65.9 Å². The lowest BCUT2D eigenvalue weighted by Gasteiger charge is -2.26. The molecule has 6 heteroatoms. The number of hydrogen-bond acceptors (Lipinski definition) is 3. The molecule has 0 radical (unpaired) electrons. The molecule has 2 heterocycles. The number of anilines is 1. The first-order valence-corrected chi connectivity index (χ1v) is 11.3. The molecule has 1 saturated heterocycles. The zero-order chi connectivity index (χ0) is 22.5. The van der Waals surface area contributed by atoms with Gasteiger partial charge in [-0.3, -0.25) is 9.59 Å². The van der Waals surface area contributed by atoms with Gasteiger partial charge in [-0.05, 0) is 50.8 Å². The van der Waals surface area contributed by atoms with E-state index in [2.05, 4.69) is 5.32 Å². The molecular formula is C26H30N4O2. The monoisotopic (exact) mass is 430 g/mol. The first-order valence-electron chi connectivity index (χ1n) is 11.3. The SMILES string of the molecule is Cc1ccc(-n2nc(C)c(-c3ccccc3)c2NC(=O)CCC(=O)N2CCCCC2)cc1. The summed E-state index contributed by atoms with van der Waals surface area (Å²) in [7, 11) is 0. The van der Waals surface area contributed by atoms with Gasteiger partial charge in [-0.2, -0.15) is 5.10 Å². The first kappa shape index (κ1) is 21.8. The van der Waals surface area contributed by atoms with Crippen LogP contribution in [-0.4, -0.2) is 39.6 Å². The summed E-state index contributed by atoms with van der Waals surface area (Å²) in [5, 5.41) is 7.80. The third-order valence-corrected chi connectivity index (χ3v) is 5.93. The highest BCUT2D eigenvalue weighted by Crippen LogP contribution is 2.33. The van der Waals surface area contributed by atoms with Crippen LogP contribution in [0.15, 0.2) is 54.6 Å². The highest BCUT2D eigenvalue weighted by molar-refractivity contribution is 5.97. The molecule has 166 valence electrons. The number of rotatable bonds is 6. The van der Waals surface area contributed by atoms with Crippen molar-refractivity contribution < 1.29 is 9.59 Å². The van der Waals surface area contributed by atoms with E-state index in [9.17, 15) is 9.59 Å². The fourth-order valence-corrected chi connectivity index (χ4v) is 4.18. The van der Waals surface area contributed by atoms with Crippen LogP contribution in [0.3, 0.4) is 0 Å². The van der Waals surface area contributed by atoms with Crippen molar-refractivity contribution in [1.82, 2.24) is 14.7 Å². The highest BCUT2D eigenvalue weighted by atomic mass is 16.2. The van der Waals surface area contributed by atoms with Crippen molar-refractivity contribution in [2.24, 2.45) is 0 Å². The van der Waals surface area contributed by atoms with Crippen LogP contribution in [0.1, 0.15) is 43.4 Å². The predicted molar refractivity (Wildman–Crippen MR) is 127 cm³/mol. The van der Waals surface area contributed by atoms with Gasteiger partial charge in [0.05, 0.1) is 11.4 Å². The van der Waals surface area contributed by atoms with Crippen LogP contribution in [0.5, 0.6) is 0 Å². The van der Waals surface area contributed by atoms with Crippen molar-refractivity contribution in [1.29, 1.82) is 0 Å². The van der Waals surface area contributed by atoms with Gasteiger partial charge < -0.3 is 10.2 Å². The quantitative estimate of drug-likeness (QED) is 0.606. The number of likely N-dealkylation sites (tertiary alicyclic amines) is 1. The second kappa shape index (κ2) is 9.81. The number of benzene rings is 2. The molecule has 2 amide bonds. The van der Waals surface area contributed by atoms with E-state index in [0.29, 0.717) is 5.82 Å². The van der Waals surface area contributed by atoms with Crippen molar-refractivity contribution in [2.45, 2.75) is 46.0 Å². The molecule has 1 N–H and O–H groups in total. The minimum Gasteiger partial charge on any atom is -0.343 e. The van der Waals surface area contributed by atoms with Gasteiger partial charge >= 0.3 is 0 Å². The van der Waals surface area contributed by atoms with Crippen LogP contribution < -0.4 is 5.32 Å². The smallest absolute Gasteiger partial charge is 0.226 e. The van der Waals surface area contributed by atoms with Crippen LogP contribution in [-0.2, 0) is 9.59 Å². The van der Waals surface area contributed by atoms with Crippen LogP contribution in [0.25, 0.3) is 16.8 Å². The molecule has 2 aromatic carbocycles. The molecule has 3 aromatic rings. The second-order valence-corrected chi connectivity index (χ2v) is 8.41. The lowest BCUT2D eigenvalue weighted by molar-refractivity contribution is -0.133. The van der Waals surface area contributed by atoms with Gasteiger partial charge in [-0.1, -0.05) is 48.0 Å². The van der Waals surface area contributed by atoms with E-state index >= 15 is 0 Å². The molecule has 0 bridgehead atoms. The van der Waals surface area contributed by atoms with Crippen molar-refractivity contribution in [3.63, 3.8) is 0 Å². The summed E-state index contributed by atoms with van der Waals surface area (Å²) in [6.07, 6.45) is 3.65. The molecule has 1 fully saturated rings. The summed E-state index contributed by atoms with van der Waals surface area (Å²) >= 11 is 0. The van der Waals surface area contributed by atoms with Gasteiger partial charge in [0.2, 0.25) is 11.8 Å². The van der Waals surface area contributed by atoms with Gasteiger partial charge in [-0.25, -0.2) is 4.68 Å². The van der Waals surface area contributed by atoms with Gasteiger partial charge in [0.1, 0.15) is 5.82 Å². The number of nitrogens with one attached hydrogen (secondary N) is 1. The molecular weight excluding hydrogens is 400 g/mol. The molecule has 32 heavy (non-hydrogen) atoms. The molecule has 0 unspecified atom stereocenters. The Balaban J connectivity index is 1.58. The number of carbonyl (C=O) groups excluding carboxylic acids is 2. The number of amides is 2. The maximum atomic E-state index is 12.9. The molecule has 0 atom stereocenters. The van der Waals surface area contributed by atoms with Gasteiger partial charge in [0, 0.05) is 31.5 Å². The Labute approximate surface area is 189 Å². The Morgan fingerprint density at radius 2 is 1.59 bits per heavy atom. The third kappa shape index (κ3) is 4.90. The summed E-state index contributed by atoms with van der Waals surface area (Å²) in [6, 6.07) is 18.0. The number of aromatic nitrogens is 2. The van der Waals surface area contributed by atoms with E-state index in [-0.39, 0.29) is 24.7 Å². The number of hydrogen-bond donors (Lipinski definition) is 1. The minimum absolute atomic E-state index is 0.0614. The molecule has 0 aliphatic carbocycles. The molecule has 4 rings (SSSR count). The molecule has 1 aliphatic rings. The van der Waals surface area contributed by atoms with Crippen LogP contribution in [0.2, 0.25) is 0 Å². The van der Waals surface area contributed by atoms with Crippen LogP contribution >= 0.6 is 0 Å². The normalized spacial score (nSPS) is 13.8. The maximum absolute atomic E-state index is 12.9. The van der Waals surface area contributed by atoms with Crippen molar-refractivity contribution in [3.8, 4) is 16.8 Å². The number of nitrogens with zero attached hydrogens (tertiary/aromatic N) is 3. The molecule has 1 aromatic heterocycles. The fourth-order valence-electron chi connectivity index (χ4n) is 4.18. The molecule has 6 nitrogen and oxygen atoms in total. The van der Waals surface area contributed by atoms with Crippen molar-refractivity contribution in [2.75, 3.05) is 18.4 Å². The average Bonchev–Trinajstić information content (AvgIpc) is 3.14. The standard InChI is InChI=1S/C26H30N4O2/c1-19-11-13-22(14-12-19)30-26(25(20(2)28-30)21-9-5-3-6-10-21)27-23(31)15-16-24(32)29-17-7-4-8-18-29/h3,5-6,9-14H,4,7-8,15-18H2,1-2H3,(H,27,31). The summed E-state index contributed by atoms with van der Waals surface area (Å²) in [5.74, 6) is 0.514. The summed E-state index contributed by atoms with van der Waals surface area (Å²) in [4.78, 5) is 27.3. The van der Waals surface area contributed by atoms with E-state index in [1.165, 1.54) is 6.42 Å². The maximum Gasteiger partial charge on any atom is 0.226 e. The highest BCUT2D eigenvalue weighted by Gasteiger charge is 2.22. The summed E-state index contributed by atoms with van der Waals surface area (Å²) < 4.78 is 1.78. The largest absolute Gasteiger partial charge is 0.343 e. The Morgan fingerprint density at radius 3 is 2.28 bits per heavy atom. The van der Waals surface area contributed by atoms with Crippen molar-refractivity contribution >= 4 is 17.6 Å². The number of aryl methyl sites for hydroxylation is 2. The summed E-state index contributed by atoms with van der Waals surface area (Å²) in [6.45, 7) is 5.59. The number of piperidine rings is 1.